The van der Waals surface area contributed by atoms with Crippen LogP contribution in [-0.4, -0.2) is 40.1 Å². The van der Waals surface area contributed by atoms with E-state index in [2.05, 4.69) is 10.4 Å². The smallest absolute Gasteiger partial charge is 0.272 e. The SMILES string of the molecule is Cc1cc(C(=O)NCC(=O)N(C)Cc2ccco2)nn1C. The number of hydrogen-bond donors (Lipinski definition) is 1. The zero-order valence-corrected chi connectivity index (χ0v) is 12.3. The number of aryl methyl sites for hydroxylation is 2. The van der Waals surface area contributed by atoms with Crippen LogP contribution in [-0.2, 0) is 18.4 Å². The summed E-state index contributed by atoms with van der Waals surface area (Å²) in [7, 11) is 3.41. The number of likely N-dealkylation sites (N-methyl/N-ethyl adjacent to an activating group) is 1. The minimum atomic E-state index is -0.363. The van der Waals surface area contributed by atoms with Gasteiger partial charge in [-0.1, -0.05) is 0 Å². The highest BCUT2D eigenvalue weighted by molar-refractivity contribution is 5.94. The lowest BCUT2D eigenvalue weighted by atomic mass is 10.3. The number of rotatable bonds is 5. The number of hydrogen-bond acceptors (Lipinski definition) is 4. The van der Waals surface area contributed by atoms with Crippen molar-refractivity contribution in [3.05, 3.63) is 41.6 Å². The molecule has 7 heteroatoms. The molecular weight excluding hydrogens is 272 g/mol. The largest absolute Gasteiger partial charge is 0.467 e. The molecule has 0 bridgehead atoms. The third kappa shape index (κ3) is 3.71. The van der Waals surface area contributed by atoms with Gasteiger partial charge in [-0.25, -0.2) is 0 Å². The molecule has 0 radical (unpaired) electrons. The van der Waals surface area contributed by atoms with Crippen LogP contribution in [0.15, 0.2) is 28.9 Å². The third-order valence-corrected chi connectivity index (χ3v) is 3.15. The Kier molecular flexibility index (Phi) is 4.42. The average molecular weight is 290 g/mol. The van der Waals surface area contributed by atoms with Gasteiger partial charge < -0.3 is 14.6 Å². The van der Waals surface area contributed by atoms with E-state index in [0.29, 0.717) is 18.0 Å². The van der Waals surface area contributed by atoms with Crippen LogP contribution in [0.1, 0.15) is 21.9 Å². The highest BCUT2D eigenvalue weighted by atomic mass is 16.3. The fourth-order valence-electron chi connectivity index (χ4n) is 1.78. The predicted molar refractivity (Wildman–Crippen MR) is 75.5 cm³/mol. The van der Waals surface area contributed by atoms with Crippen molar-refractivity contribution in [1.82, 2.24) is 20.0 Å². The van der Waals surface area contributed by atoms with Gasteiger partial charge in [0.25, 0.3) is 5.91 Å². The lowest BCUT2D eigenvalue weighted by Gasteiger charge is -2.15. The summed E-state index contributed by atoms with van der Waals surface area (Å²) in [5.41, 5.74) is 1.18. The normalized spacial score (nSPS) is 10.4. The van der Waals surface area contributed by atoms with Gasteiger partial charge in [-0.15, -0.1) is 0 Å². The Morgan fingerprint density at radius 2 is 2.24 bits per heavy atom. The second-order valence-electron chi connectivity index (χ2n) is 4.81. The minimum Gasteiger partial charge on any atom is -0.467 e. The van der Waals surface area contributed by atoms with Crippen molar-refractivity contribution >= 4 is 11.8 Å². The molecule has 0 saturated heterocycles. The van der Waals surface area contributed by atoms with E-state index >= 15 is 0 Å². The summed E-state index contributed by atoms with van der Waals surface area (Å²) >= 11 is 0. The van der Waals surface area contributed by atoms with Crippen molar-refractivity contribution in [1.29, 1.82) is 0 Å². The van der Waals surface area contributed by atoms with Gasteiger partial charge in [0.1, 0.15) is 11.5 Å². The summed E-state index contributed by atoms with van der Waals surface area (Å²) in [6.07, 6.45) is 1.55. The number of furan rings is 1. The maximum atomic E-state index is 11.9. The molecule has 0 fully saturated rings. The molecule has 112 valence electrons. The van der Waals surface area contributed by atoms with Gasteiger partial charge in [0.2, 0.25) is 5.91 Å². The topological polar surface area (TPSA) is 80.4 Å². The van der Waals surface area contributed by atoms with Crippen LogP contribution in [0.25, 0.3) is 0 Å². The van der Waals surface area contributed by atoms with Crippen LogP contribution in [0.4, 0.5) is 0 Å². The fourth-order valence-corrected chi connectivity index (χ4v) is 1.78. The van der Waals surface area contributed by atoms with Gasteiger partial charge in [-0.05, 0) is 25.1 Å². The molecule has 0 unspecified atom stereocenters. The van der Waals surface area contributed by atoms with Crippen molar-refractivity contribution in [3.63, 3.8) is 0 Å². The average Bonchev–Trinajstić information content (AvgIpc) is 3.06. The Labute approximate surface area is 122 Å². The summed E-state index contributed by atoms with van der Waals surface area (Å²) in [6, 6.07) is 5.23. The number of carbonyl (C=O) groups excluding carboxylic acids is 2. The van der Waals surface area contributed by atoms with Crippen molar-refractivity contribution < 1.29 is 14.0 Å². The van der Waals surface area contributed by atoms with E-state index in [1.165, 1.54) is 4.90 Å². The van der Waals surface area contributed by atoms with Crippen molar-refractivity contribution in [3.8, 4) is 0 Å². The van der Waals surface area contributed by atoms with E-state index in [1.807, 2.05) is 6.92 Å². The standard InChI is InChI=1S/C14H18N4O3/c1-10-7-12(16-18(10)3)14(20)15-8-13(19)17(2)9-11-5-4-6-21-11/h4-7H,8-9H2,1-3H3,(H,15,20). The fraction of sp³-hybridized carbons (Fsp3) is 0.357. The lowest BCUT2D eigenvalue weighted by molar-refractivity contribution is -0.129. The lowest BCUT2D eigenvalue weighted by Crippen LogP contribution is -2.37. The number of nitrogens with one attached hydrogen (secondary N) is 1. The first kappa shape index (κ1) is 14.8. The Morgan fingerprint density at radius 3 is 2.81 bits per heavy atom. The second kappa shape index (κ2) is 6.25. The molecule has 7 nitrogen and oxygen atoms in total. The van der Waals surface area contributed by atoms with Crippen molar-refractivity contribution in [2.45, 2.75) is 13.5 Å². The zero-order chi connectivity index (χ0) is 15.4. The molecule has 0 saturated carbocycles. The predicted octanol–water partition coefficient (Wildman–Crippen LogP) is 0.710. The maximum absolute atomic E-state index is 11.9. The third-order valence-electron chi connectivity index (χ3n) is 3.15. The molecule has 21 heavy (non-hydrogen) atoms. The molecule has 0 atom stereocenters. The first-order chi connectivity index (χ1) is 9.97. The van der Waals surface area contributed by atoms with E-state index in [-0.39, 0.29) is 18.4 Å². The Bertz CT molecular complexity index is 611. The zero-order valence-electron chi connectivity index (χ0n) is 12.3. The molecule has 0 aliphatic rings. The van der Waals surface area contributed by atoms with Gasteiger partial charge in [0.05, 0.1) is 19.4 Å². The second-order valence-corrected chi connectivity index (χ2v) is 4.81. The van der Waals surface area contributed by atoms with Gasteiger partial charge in [0, 0.05) is 19.8 Å². The number of amides is 2. The van der Waals surface area contributed by atoms with Crippen molar-refractivity contribution in [2.75, 3.05) is 13.6 Å². The summed E-state index contributed by atoms with van der Waals surface area (Å²) in [5.74, 6) is 0.128. The van der Waals surface area contributed by atoms with E-state index < -0.39 is 0 Å². The van der Waals surface area contributed by atoms with Gasteiger partial charge in [0.15, 0.2) is 0 Å². The Balaban J connectivity index is 1.84. The van der Waals surface area contributed by atoms with Crippen LogP contribution >= 0.6 is 0 Å². The molecule has 2 amide bonds. The highest BCUT2D eigenvalue weighted by Gasteiger charge is 2.15. The van der Waals surface area contributed by atoms with Crippen LogP contribution < -0.4 is 5.32 Å². The Hall–Kier alpha value is -2.57. The monoisotopic (exact) mass is 290 g/mol. The van der Waals surface area contributed by atoms with Crippen LogP contribution in [0.3, 0.4) is 0 Å². The highest BCUT2D eigenvalue weighted by Crippen LogP contribution is 2.04. The molecular formula is C14H18N4O3. The van der Waals surface area contributed by atoms with Crippen LogP contribution in [0.5, 0.6) is 0 Å². The first-order valence-electron chi connectivity index (χ1n) is 6.52. The molecule has 2 aromatic heterocycles. The van der Waals surface area contributed by atoms with E-state index in [0.717, 1.165) is 5.69 Å². The molecule has 1 N–H and O–H groups in total. The molecule has 2 aromatic rings. The summed E-state index contributed by atoms with van der Waals surface area (Å²) in [6.45, 7) is 2.14. The molecule has 0 aliphatic heterocycles. The molecule has 0 aliphatic carbocycles. The molecule has 0 aromatic carbocycles. The maximum Gasteiger partial charge on any atom is 0.272 e. The minimum absolute atomic E-state index is 0.0777. The van der Waals surface area contributed by atoms with E-state index in [4.69, 9.17) is 4.42 Å². The summed E-state index contributed by atoms with van der Waals surface area (Å²) < 4.78 is 6.78. The van der Waals surface area contributed by atoms with E-state index in [9.17, 15) is 9.59 Å². The summed E-state index contributed by atoms with van der Waals surface area (Å²) in [5, 5.41) is 6.62. The molecule has 0 spiro atoms. The quantitative estimate of drug-likeness (QED) is 0.879. The van der Waals surface area contributed by atoms with Crippen molar-refractivity contribution in [2.24, 2.45) is 7.05 Å². The Morgan fingerprint density at radius 1 is 1.48 bits per heavy atom. The molecule has 2 heterocycles. The van der Waals surface area contributed by atoms with Gasteiger partial charge in [-0.2, -0.15) is 5.10 Å². The number of carbonyl (C=O) groups is 2. The summed E-state index contributed by atoms with van der Waals surface area (Å²) in [4.78, 5) is 25.3. The molecule has 2 rings (SSSR count). The van der Waals surface area contributed by atoms with Crippen LogP contribution in [0.2, 0.25) is 0 Å². The van der Waals surface area contributed by atoms with Gasteiger partial charge in [-0.3, -0.25) is 14.3 Å². The number of aromatic nitrogens is 2. The number of nitrogens with zero attached hydrogens (tertiary/aromatic N) is 3. The van der Waals surface area contributed by atoms with Gasteiger partial charge >= 0.3 is 0 Å². The van der Waals surface area contributed by atoms with E-state index in [1.54, 1.807) is 43.2 Å². The van der Waals surface area contributed by atoms with Crippen LogP contribution in [0, 0.1) is 6.92 Å². The first-order valence-corrected chi connectivity index (χ1v) is 6.52.